The first-order valence-electron chi connectivity index (χ1n) is 13.0. The fourth-order valence-corrected chi connectivity index (χ4v) is 6.75. The minimum atomic E-state index is -3.26. The fourth-order valence-electron chi connectivity index (χ4n) is 5.16. The van der Waals surface area contributed by atoms with Gasteiger partial charge in [0.25, 0.3) is 0 Å². The van der Waals surface area contributed by atoms with Crippen molar-refractivity contribution >= 4 is 33.8 Å². The number of H-pyrrole nitrogens is 1. The van der Waals surface area contributed by atoms with Crippen LogP contribution in [0, 0.1) is 18.7 Å². The highest BCUT2D eigenvalue weighted by molar-refractivity contribution is 7.89. The van der Waals surface area contributed by atoms with Crippen LogP contribution in [0.5, 0.6) is 0 Å². The SMILES string of the molecule is CCS(=O)(=O)N1C2CCCC1CC(CNc1nc(COC(=O)OC(C)C)c(F)c(Nc3cc(C)[nH]n3)n1)C2. The zero-order valence-electron chi connectivity index (χ0n) is 22.2. The van der Waals surface area contributed by atoms with E-state index in [0.717, 1.165) is 37.8 Å². The highest BCUT2D eigenvalue weighted by Gasteiger charge is 2.43. The summed E-state index contributed by atoms with van der Waals surface area (Å²) < 4.78 is 52.3. The maximum Gasteiger partial charge on any atom is 0.508 e. The number of sulfonamides is 1. The lowest BCUT2D eigenvalue weighted by Gasteiger charge is -2.47. The average molecular weight is 554 g/mol. The van der Waals surface area contributed by atoms with Crippen LogP contribution in [0.2, 0.25) is 0 Å². The molecule has 2 aliphatic rings. The number of hydrogen-bond acceptors (Lipinski definition) is 10. The first kappa shape index (κ1) is 28.0. The minimum Gasteiger partial charge on any atom is -0.432 e. The summed E-state index contributed by atoms with van der Waals surface area (Å²) in [4.78, 5) is 20.4. The number of hydrogen-bond donors (Lipinski definition) is 3. The number of fused-ring (bicyclic) bond motifs is 2. The van der Waals surface area contributed by atoms with Gasteiger partial charge in [0.2, 0.25) is 16.0 Å². The molecule has 2 unspecified atom stereocenters. The Balaban J connectivity index is 1.49. The largest absolute Gasteiger partial charge is 0.508 e. The van der Waals surface area contributed by atoms with Gasteiger partial charge in [0, 0.05) is 30.4 Å². The van der Waals surface area contributed by atoms with Gasteiger partial charge in [-0.2, -0.15) is 14.4 Å². The standard InChI is InChI=1S/C24H36FN7O5S/c1-5-38(34,35)32-17-7-6-8-18(32)11-16(10-17)12-26-23-27-19(13-36-24(33)37-14(2)3)21(25)22(29-23)28-20-9-15(4)30-31-20/h9,14,16-18H,5-8,10-13H2,1-4H3,(H3,26,27,28,29,30,31). The van der Waals surface area contributed by atoms with Crippen molar-refractivity contribution in [2.45, 2.75) is 84.6 Å². The molecule has 2 atom stereocenters. The number of carbonyl (C=O) groups excluding carboxylic acids is 1. The van der Waals surface area contributed by atoms with Gasteiger partial charge in [0.15, 0.2) is 17.5 Å². The minimum absolute atomic E-state index is 0.00977. The molecule has 210 valence electrons. The molecule has 2 saturated heterocycles. The molecule has 0 saturated carbocycles. The zero-order valence-corrected chi connectivity index (χ0v) is 23.0. The van der Waals surface area contributed by atoms with Gasteiger partial charge in [-0.1, -0.05) is 6.42 Å². The molecule has 2 aromatic rings. The summed E-state index contributed by atoms with van der Waals surface area (Å²) in [6, 6.07) is 1.68. The number of aryl methyl sites for hydroxylation is 1. The molecule has 2 bridgehead atoms. The Morgan fingerprint density at radius 3 is 2.58 bits per heavy atom. The second-order valence-electron chi connectivity index (χ2n) is 10.1. The average Bonchev–Trinajstić information content (AvgIpc) is 3.26. The van der Waals surface area contributed by atoms with E-state index in [1.54, 1.807) is 31.1 Å². The summed E-state index contributed by atoms with van der Waals surface area (Å²) in [6.45, 7) is 6.91. The molecule has 4 heterocycles. The molecule has 0 aliphatic carbocycles. The topological polar surface area (TPSA) is 151 Å². The van der Waals surface area contributed by atoms with Gasteiger partial charge >= 0.3 is 6.16 Å². The lowest BCUT2D eigenvalue weighted by atomic mass is 9.80. The van der Waals surface area contributed by atoms with Crippen LogP contribution in [0.25, 0.3) is 0 Å². The number of aromatic nitrogens is 4. The first-order chi connectivity index (χ1) is 18.1. The number of anilines is 3. The van der Waals surface area contributed by atoms with Crippen molar-refractivity contribution < 1.29 is 27.1 Å². The predicted octanol–water partition coefficient (Wildman–Crippen LogP) is 3.85. The zero-order chi connectivity index (χ0) is 27.4. The van der Waals surface area contributed by atoms with Crippen LogP contribution in [0.4, 0.5) is 26.8 Å². The third kappa shape index (κ3) is 6.70. The van der Waals surface area contributed by atoms with Gasteiger partial charge in [-0.05, 0) is 59.3 Å². The number of aromatic amines is 1. The van der Waals surface area contributed by atoms with Gasteiger partial charge in [0.1, 0.15) is 12.3 Å². The Kier molecular flexibility index (Phi) is 8.71. The molecule has 0 radical (unpaired) electrons. The lowest BCUT2D eigenvalue weighted by Crippen LogP contribution is -2.55. The van der Waals surface area contributed by atoms with Gasteiger partial charge in [-0.3, -0.25) is 5.10 Å². The first-order valence-corrected chi connectivity index (χ1v) is 14.6. The van der Waals surface area contributed by atoms with Crippen LogP contribution in [0.3, 0.4) is 0 Å². The number of piperidine rings is 2. The van der Waals surface area contributed by atoms with Crippen LogP contribution < -0.4 is 10.6 Å². The summed E-state index contributed by atoms with van der Waals surface area (Å²) in [5, 5.41) is 12.9. The molecular weight excluding hydrogens is 517 g/mol. The van der Waals surface area contributed by atoms with Crippen LogP contribution >= 0.6 is 0 Å². The lowest BCUT2D eigenvalue weighted by molar-refractivity contribution is 0.0285. The molecule has 2 aromatic heterocycles. The summed E-state index contributed by atoms with van der Waals surface area (Å²) in [7, 11) is -3.26. The smallest absolute Gasteiger partial charge is 0.432 e. The molecule has 0 spiro atoms. The summed E-state index contributed by atoms with van der Waals surface area (Å²) in [6.07, 6.45) is 2.89. The van der Waals surface area contributed by atoms with E-state index in [4.69, 9.17) is 9.47 Å². The highest BCUT2D eigenvalue weighted by atomic mass is 32.2. The molecule has 2 fully saturated rings. The monoisotopic (exact) mass is 553 g/mol. The molecule has 2 aliphatic heterocycles. The van der Waals surface area contributed by atoms with E-state index in [1.165, 1.54) is 0 Å². The molecule has 14 heteroatoms. The Hall–Kier alpha value is -3.00. The van der Waals surface area contributed by atoms with E-state index in [0.29, 0.717) is 12.4 Å². The van der Waals surface area contributed by atoms with Gasteiger partial charge in [-0.15, -0.1) is 0 Å². The quantitative estimate of drug-likeness (QED) is 0.370. The number of carbonyl (C=O) groups is 1. The fraction of sp³-hybridized carbons (Fsp3) is 0.667. The van der Waals surface area contributed by atoms with Crippen molar-refractivity contribution in [2.75, 3.05) is 22.9 Å². The Morgan fingerprint density at radius 1 is 1.26 bits per heavy atom. The third-order valence-electron chi connectivity index (χ3n) is 6.77. The van der Waals surface area contributed by atoms with Crippen molar-refractivity contribution in [1.29, 1.82) is 0 Å². The number of rotatable bonds is 10. The molecule has 4 rings (SSSR count). The van der Waals surface area contributed by atoms with Crippen molar-refractivity contribution in [2.24, 2.45) is 5.92 Å². The number of nitrogens with zero attached hydrogens (tertiary/aromatic N) is 4. The van der Waals surface area contributed by atoms with Crippen molar-refractivity contribution in [3.63, 3.8) is 0 Å². The van der Waals surface area contributed by atoms with Crippen LogP contribution in [0.1, 0.15) is 64.3 Å². The van der Waals surface area contributed by atoms with Crippen molar-refractivity contribution in [3.8, 4) is 0 Å². The Morgan fingerprint density at radius 2 is 1.97 bits per heavy atom. The van der Waals surface area contributed by atoms with E-state index < -0.39 is 28.6 Å². The van der Waals surface area contributed by atoms with Crippen LogP contribution in [-0.4, -0.2) is 69.5 Å². The highest BCUT2D eigenvalue weighted by Crippen LogP contribution is 2.39. The van der Waals surface area contributed by atoms with E-state index in [1.807, 2.05) is 6.92 Å². The molecule has 0 amide bonds. The number of halogens is 1. The molecular formula is C24H36FN7O5S. The normalized spacial score (nSPS) is 21.8. The van der Waals surface area contributed by atoms with Crippen LogP contribution in [-0.2, 0) is 26.1 Å². The predicted molar refractivity (Wildman–Crippen MR) is 139 cm³/mol. The van der Waals surface area contributed by atoms with Gasteiger partial charge < -0.3 is 20.1 Å². The second-order valence-corrected chi connectivity index (χ2v) is 12.3. The van der Waals surface area contributed by atoms with Gasteiger partial charge in [0.05, 0.1) is 11.9 Å². The molecule has 12 nitrogen and oxygen atoms in total. The maximum absolute atomic E-state index is 15.2. The second kappa shape index (κ2) is 11.8. The summed E-state index contributed by atoms with van der Waals surface area (Å²) >= 11 is 0. The third-order valence-corrected chi connectivity index (χ3v) is 8.74. The van der Waals surface area contributed by atoms with E-state index >= 15 is 4.39 Å². The van der Waals surface area contributed by atoms with E-state index in [9.17, 15) is 13.2 Å². The number of ether oxygens (including phenoxy) is 2. The maximum atomic E-state index is 15.2. The summed E-state index contributed by atoms with van der Waals surface area (Å²) in [5.74, 6) is -0.0620. The Bertz CT molecular complexity index is 1220. The molecule has 3 N–H and O–H groups in total. The van der Waals surface area contributed by atoms with Crippen molar-refractivity contribution in [3.05, 3.63) is 23.3 Å². The van der Waals surface area contributed by atoms with E-state index in [2.05, 4.69) is 30.8 Å². The van der Waals surface area contributed by atoms with E-state index in [-0.39, 0.29) is 47.3 Å². The van der Waals surface area contributed by atoms with Gasteiger partial charge in [-0.25, -0.2) is 22.6 Å². The van der Waals surface area contributed by atoms with Crippen LogP contribution in [0.15, 0.2) is 6.07 Å². The Labute approximate surface area is 222 Å². The summed E-state index contributed by atoms with van der Waals surface area (Å²) in [5.41, 5.74) is 0.654. The number of nitrogens with one attached hydrogen (secondary N) is 3. The molecule has 0 aromatic carbocycles. The van der Waals surface area contributed by atoms with Crippen molar-refractivity contribution in [1.82, 2.24) is 24.5 Å². The molecule has 38 heavy (non-hydrogen) atoms.